The fourth-order valence-electron chi connectivity index (χ4n) is 3.80. The summed E-state index contributed by atoms with van der Waals surface area (Å²) in [6.45, 7) is 3.53. The molecule has 1 aliphatic rings. The number of hydrogen-bond donors (Lipinski definition) is 0. The zero-order valence-corrected chi connectivity index (χ0v) is 18.9. The molecule has 0 spiro atoms. The number of amides is 1. The summed E-state index contributed by atoms with van der Waals surface area (Å²) in [6.07, 6.45) is -0.910. The lowest BCUT2D eigenvalue weighted by Gasteiger charge is -2.29. The Hall–Kier alpha value is -3.65. The molecule has 8 nitrogen and oxygen atoms in total. The first kappa shape index (κ1) is 22.5. The molecule has 0 aliphatic carbocycles. The van der Waals surface area contributed by atoms with Crippen LogP contribution in [-0.2, 0) is 14.3 Å². The number of nitrogens with zero attached hydrogens (tertiary/aromatic N) is 2. The van der Waals surface area contributed by atoms with Crippen LogP contribution < -0.4 is 9.47 Å². The molecule has 1 saturated heterocycles. The molecular formula is C25H26N2O6. The van der Waals surface area contributed by atoms with E-state index in [0.717, 1.165) is 5.56 Å². The lowest BCUT2D eigenvalue weighted by Crippen LogP contribution is -2.46. The van der Waals surface area contributed by atoms with Crippen molar-refractivity contribution in [3.8, 4) is 22.8 Å². The van der Waals surface area contributed by atoms with E-state index in [-0.39, 0.29) is 5.91 Å². The molecule has 172 valence electrons. The Bertz CT molecular complexity index is 1170. The minimum Gasteiger partial charge on any atom is -0.493 e. The van der Waals surface area contributed by atoms with Crippen molar-refractivity contribution in [2.75, 3.05) is 40.5 Å². The molecule has 3 aromatic rings. The Labute approximate surface area is 192 Å². The van der Waals surface area contributed by atoms with Crippen LogP contribution in [-0.4, -0.2) is 68.4 Å². The highest BCUT2D eigenvalue weighted by atomic mass is 16.5. The summed E-state index contributed by atoms with van der Waals surface area (Å²) in [5.74, 6) is 0.338. The van der Waals surface area contributed by atoms with E-state index in [4.69, 9.17) is 23.9 Å². The van der Waals surface area contributed by atoms with Crippen molar-refractivity contribution < 1.29 is 28.5 Å². The lowest BCUT2D eigenvalue weighted by atomic mass is 10.0. The quantitative estimate of drug-likeness (QED) is 0.533. The molecule has 2 heterocycles. The fraction of sp³-hybridized carbons (Fsp3) is 0.320. The van der Waals surface area contributed by atoms with Crippen LogP contribution in [0.4, 0.5) is 0 Å². The summed E-state index contributed by atoms with van der Waals surface area (Å²) in [4.78, 5) is 32.2. The highest BCUT2D eigenvalue weighted by molar-refractivity contribution is 6.05. The van der Waals surface area contributed by atoms with Crippen molar-refractivity contribution in [1.29, 1.82) is 0 Å². The maximum Gasteiger partial charge on any atom is 0.339 e. The van der Waals surface area contributed by atoms with Crippen molar-refractivity contribution in [2.45, 2.75) is 13.0 Å². The number of fused-ring (bicyclic) bond motifs is 1. The van der Waals surface area contributed by atoms with E-state index in [0.29, 0.717) is 60.0 Å². The number of benzene rings is 2. The summed E-state index contributed by atoms with van der Waals surface area (Å²) >= 11 is 0. The molecule has 1 aliphatic heterocycles. The summed E-state index contributed by atoms with van der Waals surface area (Å²) in [5, 5.41) is 0.651. The highest BCUT2D eigenvalue weighted by Crippen LogP contribution is 2.33. The first-order valence-corrected chi connectivity index (χ1v) is 10.7. The van der Waals surface area contributed by atoms with Crippen LogP contribution in [0.15, 0.2) is 48.5 Å². The van der Waals surface area contributed by atoms with Crippen LogP contribution >= 0.6 is 0 Å². The standard InChI is InChI=1S/C25H26N2O6/c1-16(24(28)27-10-12-32-13-11-27)33-25(29)19-15-21(26-20-7-5-4-6-18(19)20)17-8-9-22(30-2)23(14-17)31-3/h4-9,14-16H,10-13H2,1-3H3/t16-/m0/s1. The third-order valence-electron chi connectivity index (χ3n) is 5.57. The third kappa shape index (κ3) is 4.75. The molecule has 1 fully saturated rings. The molecule has 0 N–H and O–H groups in total. The van der Waals surface area contributed by atoms with Gasteiger partial charge in [0, 0.05) is 24.0 Å². The van der Waals surface area contributed by atoms with E-state index in [9.17, 15) is 9.59 Å². The number of hydrogen-bond acceptors (Lipinski definition) is 7. The molecule has 0 radical (unpaired) electrons. The van der Waals surface area contributed by atoms with Crippen molar-refractivity contribution in [2.24, 2.45) is 0 Å². The van der Waals surface area contributed by atoms with Gasteiger partial charge in [-0.05, 0) is 37.3 Å². The predicted molar refractivity (Wildman–Crippen MR) is 123 cm³/mol. The smallest absolute Gasteiger partial charge is 0.339 e. The average Bonchev–Trinajstić information content (AvgIpc) is 2.87. The summed E-state index contributed by atoms with van der Waals surface area (Å²) < 4.78 is 21.6. The van der Waals surface area contributed by atoms with Gasteiger partial charge in [0.25, 0.3) is 5.91 Å². The minimum atomic E-state index is -0.910. The molecule has 1 amide bonds. The van der Waals surface area contributed by atoms with E-state index in [1.165, 1.54) is 0 Å². The highest BCUT2D eigenvalue weighted by Gasteiger charge is 2.26. The molecule has 8 heteroatoms. The SMILES string of the molecule is COc1ccc(-c2cc(C(=O)O[C@@H](C)C(=O)N3CCOCC3)c3ccccc3n2)cc1OC. The number of pyridine rings is 1. The number of rotatable bonds is 6. The summed E-state index contributed by atoms with van der Waals surface area (Å²) in [5.41, 5.74) is 2.31. The second kappa shape index (κ2) is 9.87. The van der Waals surface area contributed by atoms with Crippen LogP contribution in [0.3, 0.4) is 0 Å². The van der Waals surface area contributed by atoms with E-state index < -0.39 is 12.1 Å². The monoisotopic (exact) mass is 450 g/mol. The molecule has 1 aromatic heterocycles. The predicted octanol–water partition coefficient (Wildman–Crippen LogP) is 3.32. The molecule has 0 saturated carbocycles. The second-order valence-corrected chi connectivity index (χ2v) is 7.63. The van der Waals surface area contributed by atoms with Gasteiger partial charge in [-0.1, -0.05) is 18.2 Å². The van der Waals surface area contributed by atoms with Crippen LogP contribution in [0.25, 0.3) is 22.2 Å². The fourth-order valence-corrected chi connectivity index (χ4v) is 3.80. The molecule has 33 heavy (non-hydrogen) atoms. The molecule has 0 unspecified atom stereocenters. The van der Waals surface area contributed by atoms with Gasteiger partial charge in [-0.2, -0.15) is 0 Å². The Morgan fingerprint density at radius 3 is 2.45 bits per heavy atom. The van der Waals surface area contributed by atoms with Gasteiger partial charge < -0.3 is 23.8 Å². The summed E-state index contributed by atoms with van der Waals surface area (Å²) in [6, 6.07) is 14.4. The Morgan fingerprint density at radius 1 is 1.00 bits per heavy atom. The maximum absolute atomic E-state index is 13.2. The normalized spacial score (nSPS) is 14.6. The second-order valence-electron chi connectivity index (χ2n) is 7.63. The number of esters is 1. The zero-order chi connectivity index (χ0) is 23.4. The largest absolute Gasteiger partial charge is 0.493 e. The topological polar surface area (TPSA) is 87.2 Å². The van der Waals surface area contributed by atoms with E-state index >= 15 is 0 Å². The molecule has 4 rings (SSSR count). The Kier molecular flexibility index (Phi) is 6.74. The molecule has 1 atom stereocenters. The van der Waals surface area contributed by atoms with Gasteiger partial charge in [0.1, 0.15) is 0 Å². The van der Waals surface area contributed by atoms with Gasteiger partial charge >= 0.3 is 5.97 Å². The number of methoxy groups -OCH3 is 2. The van der Waals surface area contributed by atoms with Gasteiger partial charge in [-0.15, -0.1) is 0 Å². The molecule has 2 aromatic carbocycles. The van der Waals surface area contributed by atoms with Crippen molar-refractivity contribution in [1.82, 2.24) is 9.88 Å². The van der Waals surface area contributed by atoms with Gasteiger partial charge in [0.05, 0.1) is 44.2 Å². The minimum absolute atomic E-state index is 0.231. The third-order valence-corrected chi connectivity index (χ3v) is 5.57. The molecular weight excluding hydrogens is 424 g/mol. The van der Waals surface area contributed by atoms with Crippen LogP contribution in [0.2, 0.25) is 0 Å². The van der Waals surface area contributed by atoms with Crippen molar-refractivity contribution >= 4 is 22.8 Å². The molecule has 0 bridgehead atoms. The number of aromatic nitrogens is 1. The number of ether oxygens (including phenoxy) is 4. The van der Waals surface area contributed by atoms with E-state index in [2.05, 4.69) is 0 Å². The first-order valence-electron chi connectivity index (χ1n) is 10.7. The van der Waals surface area contributed by atoms with Crippen LogP contribution in [0.1, 0.15) is 17.3 Å². The zero-order valence-electron chi connectivity index (χ0n) is 18.9. The van der Waals surface area contributed by atoms with Crippen LogP contribution in [0, 0.1) is 0 Å². The van der Waals surface area contributed by atoms with Crippen LogP contribution in [0.5, 0.6) is 11.5 Å². The number of carbonyl (C=O) groups is 2. The van der Waals surface area contributed by atoms with E-state index in [1.807, 2.05) is 30.3 Å². The van der Waals surface area contributed by atoms with E-state index in [1.54, 1.807) is 44.2 Å². The van der Waals surface area contributed by atoms with Gasteiger partial charge in [-0.3, -0.25) is 4.79 Å². The number of para-hydroxylation sites is 1. The van der Waals surface area contributed by atoms with Gasteiger partial charge in [0.15, 0.2) is 17.6 Å². The maximum atomic E-state index is 13.2. The van der Waals surface area contributed by atoms with Crippen molar-refractivity contribution in [3.05, 3.63) is 54.1 Å². The Morgan fingerprint density at radius 2 is 1.73 bits per heavy atom. The summed E-state index contributed by atoms with van der Waals surface area (Å²) in [7, 11) is 3.13. The first-order chi connectivity index (χ1) is 16.0. The lowest BCUT2D eigenvalue weighted by molar-refractivity contribution is -0.143. The van der Waals surface area contributed by atoms with Gasteiger partial charge in [0.2, 0.25) is 0 Å². The Balaban J connectivity index is 1.67. The number of morpholine rings is 1. The van der Waals surface area contributed by atoms with Gasteiger partial charge in [-0.25, -0.2) is 9.78 Å². The number of carbonyl (C=O) groups excluding carboxylic acids is 2. The van der Waals surface area contributed by atoms with Crippen molar-refractivity contribution in [3.63, 3.8) is 0 Å². The average molecular weight is 450 g/mol.